The largest absolute Gasteiger partial charge is 0.465 e. The van der Waals surface area contributed by atoms with Gasteiger partial charge in [-0.05, 0) is 47.7 Å². The molecule has 2 heterocycles. The van der Waals surface area contributed by atoms with Gasteiger partial charge in [0.15, 0.2) is 0 Å². The standard InChI is InChI=1S/C17H16N6O3S/c1-11-5-3-8-14(18-11)19-15(24)10-27-17-20-21-22-23(17)13-7-4-6-12(9-13)16(25)26-2/h3-9H,10H2,1-2H3,(H,18,19,24). The van der Waals surface area contributed by atoms with Gasteiger partial charge in [0.1, 0.15) is 5.82 Å². The second kappa shape index (κ2) is 8.41. The summed E-state index contributed by atoms with van der Waals surface area (Å²) in [5.41, 5.74) is 1.78. The topological polar surface area (TPSA) is 112 Å². The monoisotopic (exact) mass is 384 g/mol. The molecule has 0 saturated heterocycles. The number of hydrogen-bond donors (Lipinski definition) is 1. The summed E-state index contributed by atoms with van der Waals surface area (Å²) in [7, 11) is 1.31. The van der Waals surface area contributed by atoms with E-state index in [0.29, 0.717) is 22.2 Å². The molecule has 3 rings (SSSR count). The third kappa shape index (κ3) is 4.67. The highest BCUT2D eigenvalue weighted by Gasteiger charge is 2.14. The van der Waals surface area contributed by atoms with Gasteiger partial charge in [0.2, 0.25) is 11.1 Å². The quantitative estimate of drug-likeness (QED) is 0.506. The number of amides is 1. The molecule has 0 aliphatic rings. The molecule has 138 valence electrons. The van der Waals surface area contributed by atoms with Crippen molar-refractivity contribution in [3.63, 3.8) is 0 Å². The third-order valence-electron chi connectivity index (χ3n) is 3.44. The molecule has 0 bridgehead atoms. The zero-order valence-electron chi connectivity index (χ0n) is 14.6. The van der Waals surface area contributed by atoms with Crippen molar-refractivity contribution >= 4 is 29.5 Å². The normalized spacial score (nSPS) is 10.4. The van der Waals surface area contributed by atoms with E-state index < -0.39 is 5.97 Å². The van der Waals surface area contributed by atoms with Crippen LogP contribution in [0.15, 0.2) is 47.6 Å². The summed E-state index contributed by atoms with van der Waals surface area (Å²) in [6.07, 6.45) is 0. The molecule has 9 nitrogen and oxygen atoms in total. The zero-order chi connectivity index (χ0) is 19.2. The predicted molar refractivity (Wildman–Crippen MR) is 98.8 cm³/mol. The Balaban J connectivity index is 1.69. The Morgan fingerprint density at radius 3 is 2.81 bits per heavy atom. The van der Waals surface area contributed by atoms with Crippen LogP contribution in [0, 0.1) is 6.92 Å². The lowest BCUT2D eigenvalue weighted by Gasteiger charge is -2.07. The van der Waals surface area contributed by atoms with Crippen LogP contribution in [0.2, 0.25) is 0 Å². The van der Waals surface area contributed by atoms with Crippen molar-refractivity contribution in [2.45, 2.75) is 12.1 Å². The molecule has 2 aromatic heterocycles. The van der Waals surface area contributed by atoms with Crippen LogP contribution in [0.4, 0.5) is 5.82 Å². The number of aromatic nitrogens is 5. The fourth-order valence-electron chi connectivity index (χ4n) is 2.24. The lowest BCUT2D eigenvalue weighted by molar-refractivity contribution is -0.113. The van der Waals surface area contributed by atoms with Crippen molar-refractivity contribution in [2.75, 3.05) is 18.2 Å². The molecule has 0 atom stereocenters. The van der Waals surface area contributed by atoms with Gasteiger partial charge in [-0.3, -0.25) is 4.79 Å². The Morgan fingerprint density at radius 2 is 2.04 bits per heavy atom. The first-order valence-electron chi connectivity index (χ1n) is 7.90. The molecule has 0 spiro atoms. The van der Waals surface area contributed by atoms with E-state index in [9.17, 15) is 9.59 Å². The number of pyridine rings is 1. The van der Waals surface area contributed by atoms with E-state index in [2.05, 4.69) is 25.8 Å². The summed E-state index contributed by atoms with van der Waals surface area (Å²) in [4.78, 5) is 28.1. The first-order valence-corrected chi connectivity index (χ1v) is 8.89. The van der Waals surface area contributed by atoms with Crippen LogP contribution >= 0.6 is 11.8 Å². The molecule has 1 aromatic carbocycles. The number of benzene rings is 1. The molecule has 3 aromatic rings. The number of aryl methyl sites for hydroxylation is 1. The molecular formula is C17H16N6O3S. The molecular weight excluding hydrogens is 368 g/mol. The first kappa shape index (κ1) is 18.5. The van der Waals surface area contributed by atoms with E-state index >= 15 is 0 Å². The number of ether oxygens (including phenoxy) is 1. The summed E-state index contributed by atoms with van der Waals surface area (Å²) >= 11 is 1.17. The number of esters is 1. The number of anilines is 1. The van der Waals surface area contributed by atoms with Gasteiger partial charge in [-0.2, -0.15) is 4.68 Å². The van der Waals surface area contributed by atoms with E-state index in [1.807, 2.05) is 19.1 Å². The Bertz CT molecular complexity index is 975. The maximum absolute atomic E-state index is 12.1. The molecule has 0 saturated carbocycles. The second-order valence-corrected chi connectivity index (χ2v) is 6.36. The minimum absolute atomic E-state index is 0.104. The molecule has 1 amide bonds. The number of thioether (sulfide) groups is 1. The highest BCUT2D eigenvalue weighted by molar-refractivity contribution is 7.99. The molecule has 0 aliphatic carbocycles. The number of nitrogens with zero attached hydrogens (tertiary/aromatic N) is 5. The SMILES string of the molecule is COC(=O)c1cccc(-n2nnnc2SCC(=O)Nc2cccc(C)n2)c1. The fourth-order valence-corrected chi connectivity index (χ4v) is 2.93. The molecule has 27 heavy (non-hydrogen) atoms. The van der Waals surface area contributed by atoms with E-state index in [1.165, 1.54) is 23.6 Å². The van der Waals surface area contributed by atoms with E-state index in [0.717, 1.165) is 5.69 Å². The first-order chi connectivity index (χ1) is 13.1. The number of hydrogen-bond acceptors (Lipinski definition) is 8. The van der Waals surface area contributed by atoms with Crippen molar-refractivity contribution in [3.05, 3.63) is 53.7 Å². The Hall–Kier alpha value is -3.27. The van der Waals surface area contributed by atoms with Gasteiger partial charge >= 0.3 is 5.97 Å². The van der Waals surface area contributed by atoms with E-state index in [4.69, 9.17) is 4.74 Å². The number of nitrogens with one attached hydrogen (secondary N) is 1. The van der Waals surface area contributed by atoms with Crippen molar-refractivity contribution in [3.8, 4) is 5.69 Å². The van der Waals surface area contributed by atoms with Gasteiger partial charge in [0.05, 0.1) is 24.1 Å². The molecule has 0 unspecified atom stereocenters. The van der Waals surface area contributed by atoms with Gasteiger partial charge in [0.25, 0.3) is 0 Å². The summed E-state index contributed by atoms with van der Waals surface area (Å²) in [5, 5.41) is 14.7. The average Bonchev–Trinajstić information content (AvgIpc) is 3.14. The Labute approximate surface area is 159 Å². The van der Waals surface area contributed by atoms with E-state index in [1.54, 1.807) is 30.3 Å². The van der Waals surface area contributed by atoms with Crippen LogP contribution in [0.5, 0.6) is 0 Å². The minimum Gasteiger partial charge on any atom is -0.465 e. The summed E-state index contributed by atoms with van der Waals surface area (Å²) in [5.74, 6) is -0.0849. The van der Waals surface area contributed by atoms with Crippen LogP contribution < -0.4 is 5.32 Å². The van der Waals surface area contributed by atoms with Gasteiger partial charge in [0, 0.05) is 5.69 Å². The molecule has 10 heteroatoms. The molecule has 1 N–H and O–H groups in total. The van der Waals surface area contributed by atoms with Crippen LogP contribution in [-0.2, 0) is 9.53 Å². The Morgan fingerprint density at radius 1 is 1.22 bits per heavy atom. The number of carbonyl (C=O) groups excluding carboxylic acids is 2. The van der Waals surface area contributed by atoms with Gasteiger partial charge in [-0.15, -0.1) is 5.10 Å². The van der Waals surface area contributed by atoms with Gasteiger partial charge < -0.3 is 10.1 Å². The molecule has 0 aliphatic heterocycles. The number of tetrazole rings is 1. The minimum atomic E-state index is -0.454. The van der Waals surface area contributed by atoms with Crippen LogP contribution in [0.1, 0.15) is 16.1 Å². The third-order valence-corrected chi connectivity index (χ3v) is 4.36. The number of carbonyl (C=O) groups is 2. The lowest BCUT2D eigenvalue weighted by atomic mass is 10.2. The van der Waals surface area contributed by atoms with Gasteiger partial charge in [-0.1, -0.05) is 23.9 Å². The maximum Gasteiger partial charge on any atom is 0.337 e. The summed E-state index contributed by atoms with van der Waals surface area (Å²) in [6.45, 7) is 1.85. The summed E-state index contributed by atoms with van der Waals surface area (Å²) in [6, 6.07) is 12.1. The van der Waals surface area contributed by atoms with Gasteiger partial charge in [-0.25, -0.2) is 9.78 Å². The lowest BCUT2D eigenvalue weighted by Crippen LogP contribution is -2.15. The van der Waals surface area contributed by atoms with Crippen molar-refractivity contribution in [1.29, 1.82) is 0 Å². The van der Waals surface area contributed by atoms with Crippen LogP contribution in [-0.4, -0.2) is 49.9 Å². The molecule has 0 fully saturated rings. The fraction of sp³-hybridized carbons (Fsp3) is 0.176. The Kier molecular flexibility index (Phi) is 5.77. The maximum atomic E-state index is 12.1. The molecule has 0 radical (unpaired) electrons. The average molecular weight is 384 g/mol. The van der Waals surface area contributed by atoms with Crippen molar-refractivity contribution < 1.29 is 14.3 Å². The van der Waals surface area contributed by atoms with Crippen LogP contribution in [0.25, 0.3) is 5.69 Å². The number of rotatable bonds is 6. The highest BCUT2D eigenvalue weighted by atomic mass is 32.2. The summed E-state index contributed by atoms with van der Waals surface area (Å²) < 4.78 is 6.17. The van der Waals surface area contributed by atoms with E-state index in [-0.39, 0.29) is 11.7 Å². The predicted octanol–water partition coefficient (Wildman–Crippen LogP) is 1.88. The smallest absolute Gasteiger partial charge is 0.337 e. The zero-order valence-corrected chi connectivity index (χ0v) is 15.4. The van der Waals surface area contributed by atoms with Crippen molar-refractivity contribution in [1.82, 2.24) is 25.2 Å². The van der Waals surface area contributed by atoms with Crippen molar-refractivity contribution in [2.24, 2.45) is 0 Å². The van der Waals surface area contributed by atoms with Crippen LogP contribution in [0.3, 0.4) is 0 Å². The second-order valence-electron chi connectivity index (χ2n) is 5.42. The highest BCUT2D eigenvalue weighted by Crippen LogP contribution is 2.19. The number of methoxy groups -OCH3 is 1.